The molecular formula is C14H21NO5. The number of aromatic hydroxyl groups is 1. The Labute approximate surface area is 118 Å². The van der Waals surface area contributed by atoms with E-state index in [0.29, 0.717) is 24.7 Å². The molecule has 0 amide bonds. The molecular weight excluding hydrogens is 262 g/mol. The lowest BCUT2D eigenvalue weighted by Gasteiger charge is -2.14. The maximum Gasteiger partial charge on any atom is 0.322 e. The van der Waals surface area contributed by atoms with Crippen LogP contribution in [0.4, 0.5) is 0 Å². The number of esters is 1. The van der Waals surface area contributed by atoms with Crippen LogP contribution < -0.4 is 14.8 Å². The van der Waals surface area contributed by atoms with Gasteiger partial charge in [-0.15, -0.1) is 0 Å². The van der Waals surface area contributed by atoms with E-state index in [1.165, 1.54) is 14.2 Å². The largest absolute Gasteiger partial charge is 0.502 e. The van der Waals surface area contributed by atoms with E-state index in [1.54, 1.807) is 26.0 Å². The van der Waals surface area contributed by atoms with E-state index in [4.69, 9.17) is 14.2 Å². The minimum atomic E-state index is -0.416. The first-order chi connectivity index (χ1) is 9.53. The molecule has 0 saturated carbocycles. The van der Waals surface area contributed by atoms with Crippen LogP contribution in [0.25, 0.3) is 0 Å². The Kier molecular flexibility index (Phi) is 6.11. The number of methoxy groups -OCH3 is 2. The molecule has 1 atom stereocenters. The van der Waals surface area contributed by atoms with Crippen molar-refractivity contribution in [1.82, 2.24) is 5.32 Å². The minimum Gasteiger partial charge on any atom is -0.502 e. The van der Waals surface area contributed by atoms with Crippen LogP contribution in [0.5, 0.6) is 17.2 Å². The molecule has 0 aromatic heterocycles. The molecule has 0 aliphatic rings. The highest BCUT2D eigenvalue weighted by molar-refractivity contribution is 5.75. The second-order valence-corrected chi connectivity index (χ2v) is 4.20. The van der Waals surface area contributed by atoms with Gasteiger partial charge in [-0.2, -0.15) is 0 Å². The quantitative estimate of drug-likeness (QED) is 0.738. The molecule has 1 rings (SSSR count). The van der Waals surface area contributed by atoms with Gasteiger partial charge in [-0.3, -0.25) is 4.79 Å². The maximum absolute atomic E-state index is 11.5. The summed E-state index contributed by atoms with van der Waals surface area (Å²) in [4.78, 5) is 11.5. The third-order valence-electron chi connectivity index (χ3n) is 2.79. The fourth-order valence-corrected chi connectivity index (χ4v) is 1.67. The van der Waals surface area contributed by atoms with E-state index in [0.717, 1.165) is 5.56 Å². The van der Waals surface area contributed by atoms with E-state index < -0.39 is 6.04 Å². The summed E-state index contributed by atoms with van der Waals surface area (Å²) in [5.41, 5.74) is 0.827. The van der Waals surface area contributed by atoms with Crippen molar-refractivity contribution >= 4 is 5.97 Å². The number of carbonyl (C=O) groups excluding carboxylic acids is 1. The summed E-state index contributed by atoms with van der Waals surface area (Å²) in [6.45, 7) is 4.27. The predicted molar refractivity (Wildman–Crippen MR) is 74.1 cm³/mol. The van der Waals surface area contributed by atoms with Crippen molar-refractivity contribution in [1.29, 1.82) is 0 Å². The Bertz CT molecular complexity index is 436. The highest BCUT2D eigenvalue weighted by Crippen LogP contribution is 2.36. The number of ether oxygens (including phenoxy) is 3. The summed E-state index contributed by atoms with van der Waals surface area (Å²) in [5.74, 6) is 0.303. The van der Waals surface area contributed by atoms with Crippen molar-refractivity contribution in [3.8, 4) is 17.2 Å². The number of phenols is 1. The minimum absolute atomic E-state index is 0.0443. The number of hydrogen-bond donors (Lipinski definition) is 2. The van der Waals surface area contributed by atoms with Crippen LogP contribution in [-0.4, -0.2) is 37.9 Å². The third kappa shape index (κ3) is 4.03. The summed E-state index contributed by atoms with van der Waals surface area (Å²) >= 11 is 0. The van der Waals surface area contributed by atoms with Gasteiger partial charge in [-0.05, 0) is 31.5 Å². The highest BCUT2D eigenvalue weighted by Gasteiger charge is 2.15. The van der Waals surface area contributed by atoms with Crippen molar-refractivity contribution in [2.75, 3.05) is 20.8 Å². The Morgan fingerprint density at radius 1 is 1.30 bits per heavy atom. The molecule has 0 radical (unpaired) electrons. The number of hydrogen-bond acceptors (Lipinski definition) is 6. The number of nitrogens with one attached hydrogen (secondary N) is 1. The van der Waals surface area contributed by atoms with Crippen molar-refractivity contribution in [3.63, 3.8) is 0 Å². The molecule has 0 bridgehead atoms. The molecule has 112 valence electrons. The molecule has 2 N–H and O–H groups in total. The monoisotopic (exact) mass is 283 g/mol. The van der Waals surface area contributed by atoms with E-state index in [9.17, 15) is 9.90 Å². The summed E-state index contributed by atoms with van der Waals surface area (Å²) in [7, 11) is 2.93. The smallest absolute Gasteiger partial charge is 0.322 e. The fourth-order valence-electron chi connectivity index (χ4n) is 1.67. The van der Waals surface area contributed by atoms with Crippen molar-refractivity contribution < 1.29 is 24.1 Å². The van der Waals surface area contributed by atoms with Gasteiger partial charge in [0.25, 0.3) is 0 Å². The zero-order valence-electron chi connectivity index (χ0n) is 12.2. The molecule has 6 heteroatoms. The first-order valence-electron chi connectivity index (χ1n) is 6.37. The van der Waals surface area contributed by atoms with Gasteiger partial charge in [-0.1, -0.05) is 0 Å². The SMILES string of the molecule is CCOC(=O)C(C)NCc1cc(OC)c(O)c(OC)c1. The van der Waals surface area contributed by atoms with Gasteiger partial charge in [0.05, 0.1) is 20.8 Å². The number of rotatable bonds is 7. The first kappa shape index (κ1) is 16.1. The summed E-state index contributed by atoms with van der Waals surface area (Å²) < 4.78 is 15.1. The predicted octanol–water partition coefficient (Wildman–Crippen LogP) is 1.45. The van der Waals surface area contributed by atoms with Crippen LogP contribution in [0.15, 0.2) is 12.1 Å². The van der Waals surface area contributed by atoms with Gasteiger partial charge in [0.15, 0.2) is 11.5 Å². The van der Waals surface area contributed by atoms with Crippen LogP contribution in [0.1, 0.15) is 19.4 Å². The maximum atomic E-state index is 11.5. The fraction of sp³-hybridized carbons (Fsp3) is 0.500. The van der Waals surface area contributed by atoms with E-state index in [-0.39, 0.29) is 11.7 Å². The van der Waals surface area contributed by atoms with E-state index in [1.807, 2.05) is 0 Å². The average Bonchev–Trinajstić information content (AvgIpc) is 2.45. The number of carbonyl (C=O) groups is 1. The van der Waals surface area contributed by atoms with Gasteiger partial charge in [0, 0.05) is 6.54 Å². The molecule has 0 spiro atoms. The first-order valence-corrected chi connectivity index (χ1v) is 6.37. The van der Waals surface area contributed by atoms with Gasteiger partial charge in [-0.25, -0.2) is 0 Å². The zero-order chi connectivity index (χ0) is 15.1. The van der Waals surface area contributed by atoms with Gasteiger partial charge in [0.1, 0.15) is 6.04 Å². The van der Waals surface area contributed by atoms with E-state index in [2.05, 4.69) is 5.32 Å². The molecule has 6 nitrogen and oxygen atoms in total. The molecule has 0 fully saturated rings. The highest BCUT2D eigenvalue weighted by atomic mass is 16.5. The lowest BCUT2D eigenvalue weighted by atomic mass is 10.1. The van der Waals surface area contributed by atoms with Crippen molar-refractivity contribution in [2.45, 2.75) is 26.4 Å². The molecule has 1 unspecified atom stereocenters. The molecule has 1 aromatic carbocycles. The normalized spacial score (nSPS) is 11.8. The van der Waals surface area contributed by atoms with Crippen LogP contribution >= 0.6 is 0 Å². The van der Waals surface area contributed by atoms with Gasteiger partial charge >= 0.3 is 5.97 Å². The standard InChI is InChI=1S/C14H21NO5/c1-5-20-14(17)9(2)15-8-10-6-11(18-3)13(16)12(7-10)19-4/h6-7,9,15-16H,5,8H2,1-4H3. The third-order valence-corrected chi connectivity index (χ3v) is 2.79. The van der Waals surface area contributed by atoms with Gasteiger partial charge in [0.2, 0.25) is 5.75 Å². The Hall–Kier alpha value is -1.95. The topological polar surface area (TPSA) is 77.0 Å². The summed E-state index contributed by atoms with van der Waals surface area (Å²) in [6.07, 6.45) is 0. The van der Waals surface area contributed by atoms with Crippen LogP contribution in [-0.2, 0) is 16.1 Å². The molecule has 1 aromatic rings. The summed E-state index contributed by atoms with van der Waals surface area (Å²) in [6, 6.07) is 2.95. The molecule has 20 heavy (non-hydrogen) atoms. The Balaban J connectivity index is 2.75. The molecule has 0 saturated heterocycles. The Morgan fingerprint density at radius 2 is 1.85 bits per heavy atom. The zero-order valence-corrected chi connectivity index (χ0v) is 12.2. The van der Waals surface area contributed by atoms with Crippen LogP contribution in [0.2, 0.25) is 0 Å². The number of phenolic OH excluding ortho intramolecular Hbond substituents is 1. The van der Waals surface area contributed by atoms with Gasteiger partial charge < -0.3 is 24.6 Å². The average molecular weight is 283 g/mol. The lowest BCUT2D eigenvalue weighted by Crippen LogP contribution is -2.34. The summed E-state index contributed by atoms with van der Waals surface area (Å²) in [5, 5.41) is 12.8. The Morgan fingerprint density at radius 3 is 2.30 bits per heavy atom. The second-order valence-electron chi connectivity index (χ2n) is 4.20. The lowest BCUT2D eigenvalue weighted by molar-refractivity contribution is -0.145. The van der Waals surface area contributed by atoms with E-state index >= 15 is 0 Å². The molecule has 0 aliphatic carbocycles. The van der Waals surface area contributed by atoms with Crippen molar-refractivity contribution in [3.05, 3.63) is 17.7 Å². The molecule has 0 heterocycles. The van der Waals surface area contributed by atoms with Crippen LogP contribution in [0.3, 0.4) is 0 Å². The van der Waals surface area contributed by atoms with Crippen LogP contribution in [0, 0.1) is 0 Å². The second kappa shape index (κ2) is 7.59. The van der Waals surface area contributed by atoms with Crippen molar-refractivity contribution in [2.24, 2.45) is 0 Å². The number of benzene rings is 1. The molecule has 0 aliphatic heterocycles.